The molecule has 0 heterocycles. The van der Waals surface area contributed by atoms with Gasteiger partial charge in [-0.1, -0.05) is 50.6 Å². The van der Waals surface area contributed by atoms with Crippen molar-refractivity contribution in [1.82, 2.24) is 0 Å². The lowest BCUT2D eigenvalue weighted by atomic mass is 10.00. The van der Waals surface area contributed by atoms with E-state index in [-0.39, 0.29) is 11.8 Å². The van der Waals surface area contributed by atoms with Crippen LogP contribution in [0.25, 0.3) is 0 Å². The van der Waals surface area contributed by atoms with Crippen molar-refractivity contribution < 1.29 is 9.53 Å². The van der Waals surface area contributed by atoms with Crippen molar-refractivity contribution >= 4 is 11.6 Å². The van der Waals surface area contributed by atoms with Crippen LogP contribution in [0.3, 0.4) is 0 Å². The fraction of sp³-hybridized carbons (Fsp3) is 0.350. The van der Waals surface area contributed by atoms with Crippen LogP contribution in [0.2, 0.25) is 0 Å². The SMILES string of the molecule is CCCC(CC)C(=O)Nc1ccc(OCc2ccccc2)cc1. The first-order valence-corrected chi connectivity index (χ1v) is 8.30. The molecule has 1 atom stereocenters. The molecule has 0 fully saturated rings. The highest BCUT2D eigenvalue weighted by atomic mass is 16.5. The summed E-state index contributed by atoms with van der Waals surface area (Å²) in [6, 6.07) is 17.6. The molecule has 0 radical (unpaired) electrons. The van der Waals surface area contributed by atoms with Crippen molar-refractivity contribution in [3.63, 3.8) is 0 Å². The number of hydrogen-bond donors (Lipinski definition) is 1. The van der Waals surface area contributed by atoms with Crippen LogP contribution in [-0.2, 0) is 11.4 Å². The zero-order valence-electron chi connectivity index (χ0n) is 13.9. The Morgan fingerprint density at radius 2 is 1.74 bits per heavy atom. The zero-order chi connectivity index (χ0) is 16.5. The maximum Gasteiger partial charge on any atom is 0.227 e. The van der Waals surface area contributed by atoms with Crippen LogP contribution in [0.15, 0.2) is 54.6 Å². The maximum absolute atomic E-state index is 12.2. The summed E-state index contributed by atoms with van der Waals surface area (Å²) in [5.41, 5.74) is 1.95. The van der Waals surface area contributed by atoms with Crippen molar-refractivity contribution in [2.45, 2.75) is 39.7 Å². The molecule has 23 heavy (non-hydrogen) atoms. The number of amides is 1. The minimum absolute atomic E-state index is 0.0917. The van der Waals surface area contributed by atoms with Gasteiger partial charge in [-0.2, -0.15) is 0 Å². The molecule has 1 unspecified atom stereocenters. The molecule has 1 N–H and O–H groups in total. The molecule has 0 aromatic heterocycles. The molecule has 1 amide bonds. The Morgan fingerprint density at radius 3 is 2.35 bits per heavy atom. The Bertz CT molecular complexity index is 593. The molecule has 2 rings (SSSR count). The molecule has 0 saturated carbocycles. The predicted molar refractivity (Wildman–Crippen MR) is 94.5 cm³/mol. The first-order valence-electron chi connectivity index (χ1n) is 8.30. The predicted octanol–water partition coefficient (Wildman–Crippen LogP) is 5.03. The molecular weight excluding hydrogens is 286 g/mol. The number of hydrogen-bond acceptors (Lipinski definition) is 2. The number of benzene rings is 2. The van der Waals surface area contributed by atoms with E-state index in [2.05, 4.69) is 19.2 Å². The molecule has 0 aliphatic carbocycles. The van der Waals surface area contributed by atoms with E-state index in [1.165, 1.54) is 0 Å². The molecule has 0 aliphatic rings. The number of anilines is 1. The summed E-state index contributed by atoms with van der Waals surface area (Å²) in [5, 5.41) is 2.98. The Kier molecular flexibility index (Phi) is 6.67. The largest absolute Gasteiger partial charge is 0.489 e. The monoisotopic (exact) mass is 311 g/mol. The van der Waals surface area contributed by atoms with Gasteiger partial charge in [0, 0.05) is 11.6 Å². The topological polar surface area (TPSA) is 38.3 Å². The summed E-state index contributed by atoms with van der Waals surface area (Å²) in [4.78, 5) is 12.2. The smallest absolute Gasteiger partial charge is 0.227 e. The number of nitrogens with one attached hydrogen (secondary N) is 1. The molecule has 0 saturated heterocycles. The summed E-state index contributed by atoms with van der Waals surface area (Å²) in [6.07, 6.45) is 2.83. The minimum atomic E-state index is 0.0917. The average molecular weight is 311 g/mol. The van der Waals surface area contributed by atoms with Gasteiger partial charge in [0.2, 0.25) is 5.91 Å². The van der Waals surface area contributed by atoms with Gasteiger partial charge in [-0.3, -0.25) is 4.79 Å². The van der Waals surface area contributed by atoms with Crippen LogP contribution >= 0.6 is 0 Å². The van der Waals surface area contributed by atoms with Gasteiger partial charge in [-0.05, 0) is 42.7 Å². The highest BCUT2D eigenvalue weighted by Gasteiger charge is 2.15. The molecule has 2 aromatic carbocycles. The van der Waals surface area contributed by atoms with E-state index in [9.17, 15) is 4.79 Å². The van der Waals surface area contributed by atoms with Gasteiger partial charge in [0.15, 0.2) is 0 Å². The molecule has 0 bridgehead atoms. The third-order valence-electron chi connectivity index (χ3n) is 3.87. The van der Waals surface area contributed by atoms with E-state index < -0.39 is 0 Å². The third kappa shape index (κ3) is 5.44. The lowest BCUT2D eigenvalue weighted by molar-refractivity contribution is -0.120. The summed E-state index contributed by atoms with van der Waals surface area (Å²) < 4.78 is 5.75. The second-order valence-electron chi connectivity index (χ2n) is 5.68. The van der Waals surface area contributed by atoms with Crippen molar-refractivity contribution in [2.24, 2.45) is 5.92 Å². The van der Waals surface area contributed by atoms with Crippen molar-refractivity contribution in [3.8, 4) is 5.75 Å². The lowest BCUT2D eigenvalue weighted by Gasteiger charge is -2.14. The summed E-state index contributed by atoms with van der Waals surface area (Å²) in [7, 11) is 0. The first-order chi connectivity index (χ1) is 11.2. The molecule has 3 nitrogen and oxygen atoms in total. The molecule has 122 valence electrons. The summed E-state index contributed by atoms with van der Waals surface area (Å²) in [5.74, 6) is 0.994. The number of carbonyl (C=O) groups is 1. The van der Waals surface area contributed by atoms with Crippen LogP contribution in [-0.4, -0.2) is 5.91 Å². The lowest BCUT2D eigenvalue weighted by Crippen LogP contribution is -2.22. The molecule has 0 spiro atoms. The zero-order valence-corrected chi connectivity index (χ0v) is 13.9. The summed E-state index contributed by atoms with van der Waals surface area (Å²) >= 11 is 0. The third-order valence-corrected chi connectivity index (χ3v) is 3.87. The van der Waals surface area contributed by atoms with E-state index in [1.807, 2.05) is 54.6 Å². The Labute approximate surface area is 138 Å². The molecule has 2 aromatic rings. The number of rotatable bonds is 8. The highest BCUT2D eigenvalue weighted by Crippen LogP contribution is 2.19. The van der Waals surface area contributed by atoms with Gasteiger partial charge in [0.05, 0.1) is 0 Å². The Hall–Kier alpha value is -2.29. The van der Waals surface area contributed by atoms with Crippen molar-refractivity contribution in [3.05, 3.63) is 60.2 Å². The Balaban J connectivity index is 1.88. The fourth-order valence-electron chi connectivity index (χ4n) is 2.49. The van der Waals surface area contributed by atoms with Crippen LogP contribution in [0.4, 0.5) is 5.69 Å². The van der Waals surface area contributed by atoms with Crippen LogP contribution < -0.4 is 10.1 Å². The minimum Gasteiger partial charge on any atom is -0.489 e. The van der Waals surface area contributed by atoms with E-state index >= 15 is 0 Å². The van der Waals surface area contributed by atoms with Gasteiger partial charge in [-0.25, -0.2) is 0 Å². The quantitative estimate of drug-likeness (QED) is 0.742. The van der Waals surface area contributed by atoms with Crippen molar-refractivity contribution in [2.75, 3.05) is 5.32 Å². The van der Waals surface area contributed by atoms with Gasteiger partial charge < -0.3 is 10.1 Å². The second kappa shape index (κ2) is 8.99. The van der Waals surface area contributed by atoms with Crippen molar-refractivity contribution in [1.29, 1.82) is 0 Å². The van der Waals surface area contributed by atoms with Crippen LogP contribution in [0, 0.1) is 5.92 Å². The number of ether oxygens (including phenoxy) is 1. The average Bonchev–Trinajstić information content (AvgIpc) is 2.60. The van der Waals surface area contributed by atoms with Gasteiger partial charge >= 0.3 is 0 Å². The second-order valence-corrected chi connectivity index (χ2v) is 5.68. The number of carbonyl (C=O) groups excluding carboxylic acids is 1. The standard InChI is InChI=1S/C20H25NO2/c1-3-8-17(4-2)20(22)21-18-11-13-19(14-12-18)23-15-16-9-6-5-7-10-16/h5-7,9-14,17H,3-4,8,15H2,1-2H3,(H,21,22). The van der Waals surface area contributed by atoms with E-state index in [0.29, 0.717) is 6.61 Å². The summed E-state index contributed by atoms with van der Waals surface area (Å²) in [6.45, 7) is 4.70. The van der Waals surface area contributed by atoms with Gasteiger partial charge in [0.25, 0.3) is 0 Å². The van der Waals surface area contributed by atoms with Gasteiger partial charge in [0.1, 0.15) is 12.4 Å². The molecule has 3 heteroatoms. The Morgan fingerprint density at radius 1 is 1.04 bits per heavy atom. The first kappa shape index (κ1) is 17.1. The van der Waals surface area contributed by atoms with E-state index in [1.54, 1.807) is 0 Å². The molecular formula is C20H25NO2. The van der Waals surface area contributed by atoms with Crippen LogP contribution in [0.1, 0.15) is 38.7 Å². The van der Waals surface area contributed by atoms with Gasteiger partial charge in [-0.15, -0.1) is 0 Å². The fourth-order valence-corrected chi connectivity index (χ4v) is 2.49. The normalized spacial score (nSPS) is 11.7. The van der Waals surface area contributed by atoms with E-state index in [0.717, 1.165) is 36.3 Å². The molecule has 0 aliphatic heterocycles. The highest BCUT2D eigenvalue weighted by molar-refractivity contribution is 5.92. The van der Waals surface area contributed by atoms with E-state index in [4.69, 9.17) is 4.74 Å². The maximum atomic E-state index is 12.2. The van der Waals surface area contributed by atoms with Crippen LogP contribution in [0.5, 0.6) is 5.75 Å².